The van der Waals surface area contributed by atoms with Crippen LogP contribution >= 0.6 is 0 Å². The molecule has 3 aromatic carbocycles. The van der Waals surface area contributed by atoms with Crippen LogP contribution in [0.2, 0.25) is 0 Å². The molecule has 4 aromatic rings. The molecule has 1 atom stereocenters. The van der Waals surface area contributed by atoms with E-state index in [4.69, 9.17) is 9.47 Å². The summed E-state index contributed by atoms with van der Waals surface area (Å²) in [7, 11) is 0. The van der Waals surface area contributed by atoms with Crippen molar-refractivity contribution in [1.29, 1.82) is 0 Å². The number of carbonyl (C=O) groups excluding carboxylic acids is 1. The summed E-state index contributed by atoms with van der Waals surface area (Å²) in [5, 5.41) is 4.02. The van der Waals surface area contributed by atoms with Crippen LogP contribution in [0, 0.1) is 5.82 Å². The smallest absolute Gasteiger partial charge is 0.231 e. The van der Waals surface area contributed by atoms with Crippen molar-refractivity contribution in [3.8, 4) is 11.5 Å². The maximum atomic E-state index is 13.1. The highest BCUT2D eigenvalue weighted by atomic mass is 19.1. The summed E-state index contributed by atoms with van der Waals surface area (Å²) in [4.78, 5) is 16.2. The molecule has 5 rings (SSSR count). The second-order valence-corrected chi connectivity index (χ2v) is 7.53. The molecule has 2 heterocycles. The number of halogens is 1. The summed E-state index contributed by atoms with van der Waals surface area (Å²) < 4.78 is 24.4. The van der Waals surface area contributed by atoms with E-state index in [2.05, 4.69) is 10.3 Å². The number of carbonyl (C=O) groups is 1. The number of para-hydroxylation sites is 2. The molecule has 0 radical (unpaired) electrons. The first-order chi connectivity index (χ1) is 15.2. The summed E-state index contributed by atoms with van der Waals surface area (Å²) in [5.41, 5.74) is 3.79. The fraction of sp³-hybridized carbons (Fsp3) is 0.160. The van der Waals surface area contributed by atoms with Crippen LogP contribution in [0.25, 0.3) is 10.9 Å². The Hall–Kier alpha value is -3.80. The van der Waals surface area contributed by atoms with Crippen molar-refractivity contribution >= 4 is 16.8 Å². The van der Waals surface area contributed by atoms with Crippen molar-refractivity contribution in [2.75, 3.05) is 6.79 Å². The molecule has 1 aliphatic rings. The van der Waals surface area contributed by atoms with Crippen LogP contribution in [-0.2, 0) is 11.3 Å². The molecule has 6 heteroatoms. The Morgan fingerprint density at radius 2 is 1.84 bits per heavy atom. The van der Waals surface area contributed by atoms with Gasteiger partial charge in [-0.15, -0.1) is 0 Å². The van der Waals surface area contributed by atoms with Gasteiger partial charge in [0.25, 0.3) is 0 Å². The van der Waals surface area contributed by atoms with Crippen molar-refractivity contribution in [3.05, 3.63) is 95.4 Å². The molecule has 1 aromatic heterocycles. The van der Waals surface area contributed by atoms with Crippen LogP contribution < -0.4 is 14.8 Å². The van der Waals surface area contributed by atoms with Crippen molar-refractivity contribution in [3.63, 3.8) is 0 Å². The summed E-state index contributed by atoms with van der Waals surface area (Å²) >= 11 is 0. The fourth-order valence-corrected chi connectivity index (χ4v) is 4.06. The number of rotatable bonds is 6. The summed E-state index contributed by atoms with van der Waals surface area (Å²) in [6.45, 7) is 0.510. The Morgan fingerprint density at radius 3 is 2.71 bits per heavy atom. The lowest BCUT2D eigenvalue weighted by Gasteiger charge is -2.19. The summed E-state index contributed by atoms with van der Waals surface area (Å²) in [5.74, 6) is 0.755. The molecule has 0 bridgehead atoms. The standard InChI is InChI=1S/C25H21FN2O3/c26-17-10-8-16(9-11-17)13-28-24(29)12-20(19-5-3-7-23-25(19)31-15-30-23)21-14-27-22-6-2-1-4-18(21)22/h1-11,14,20,27H,12-13,15H2,(H,28,29). The molecule has 0 spiro atoms. The van der Waals surface area contributed by atoms with Gasteiger partial charge >= 0.3 is 0 Å². The second kappa shape index (κ2) is 8.14. The van der Waals surface area contributed by atoms with Crippen LogP contribution in [0.5, 0.6) is 11.5 Å². The van der Waals surface area contributed by atoms with Gasteiger partial charge in [-0.2, -0.15) is 0 Å². The number of aromatic amines is 1. The lowest BCUT2D eigenvalue weighted by atomic mass is 9.87. The van der Waals surface area contributed by atoms with E-state index < -0.39 is 0 Å². The van der Waals surface area contributed by atoms with Gasteiger partial charge in [-0.25, -0.2) is 4.39 Å². The monoisotopic (exact) mass is 416 g/mol. The van der Waals surface area contributed by atoms with E-state index in [9.17, 15) is 9.18 Å². The Labute approximate surface area is 178 Å². The third-order valence-electron chi connectivity index (χ3n) is 5.59. The van der Waals surface area contributed by atoms with Gasteiger partial charge in [0.15, 0.2) is 11.5 Å². The van der Waals surface area contributed by atoms with E-state index in [0.29, 0.717) is 18.0 Å². The molecule has 0 saturated heterocycles. The van der Waals surface area contributed by atoms with Crippen LogP contribution in [0.1, 0.15) is 29.0 Å². The molecule has 0 saturated carbocycles. The van der Waals surface area contributed by atoms with Gasteiger partial charge in [0.05, 0.1) is 0 Å². The molecule has 0 fully saturated rings. The Kier molecular flexibility index (Phi) is 5.04. The van der Waals surface area contributed by atoms with Crippen molar-refractivity contribution in [2.45, 2.75) is 18.9 Å². The number of amides is 1. The Morgan fingerprint density at radius 1 is 1.00 bits per heavy atom. The minimum absolute atomic E-state index is 0.101. The highest BCUT2D eigenvalue weighted by Crippen LogP contribution is 2.44. The summed E-state index contributed by atoms with van der Waals surface area (Å²) in [6, 6.07) is 19.9. The molecular formula is C25H21FN2O3. The minimum Gasteiger partial charge on any atom is -0.454 e. The van der Waals surface area contributed by atoms with Gasteiger partial charge in [0.1, 0.15) is 5.82 Å². The number of aromatic nitrogens is 1. The molecule has 5 nitrogen and oxygen atoms in total. The first-order valence-electron chi connectivity index (χ1n) is 10.1. The number of ether oxygens (including phenoxy) is 2. The van der Waals surface area contributed by atoms with Gasteiger partial charge in [-0.05, 0) is 35.4 Å². The molecular weight excluding hydrogens is 395 g/mol. The van der Waals surface area contributed by atoms with E-state index in [-0.39, 0.29) is 30.9 Å². The second-order valence-electron chi connectivity index (χ2n) is 7.53. The van der Waals surface area contributed by atoms with Crippen molar-refractivity contribution in [1.82, 2.24) is 10.3 Å². The van der Waals surface area contributed by atoms with Gasteiger partial charge in [0, 0.05) is 41.5 Å². The molecule has 1 amide bonds. The minimum atomic E-state index is -0.297. The SMILES string of the molecule is O=C(CC(c1cccc2c1OCO2)c1c[nH]c2ccccc12)NCc1ccc(F)cc1. The number of hydrogen-bond acceptors (Lipinski definition) is 3. The first kappa shape index (κ1) is 19.2. The molecule has 156 valence electrons. The van der Waals surface area contributed by atoms with E-state index in [0.717, 1.165) is 27.6 Å². The predicted molar refractivity (Wildman–Crippen MR) is 116 cm³/mol. The van der Waals surface area contributed by atoms with Gasteiger partial charge < -0.3 is 19.8 Å². The van der Waals surface area contributed by atoms with Gasteiger partial charge in [-0.1, -0.05) is 42.5 Å². The zero-order chi connectivity index (χ0) is 21.2. The highest BCUT2D eigenvalue weighted by Gasteiger charge is 2.28. The zero-order valence-corrected chi connectivity index (χ0v) is 16.7. The topological polar surface area (TPSA) is 63.4 Å². The number of fused-ring (bicyclic) bond motifs is 2. The van der Waals surface area contributed by atoms with E-state index >= 15 is 0 Å². The molecule has 2 N–H and O–H groups in total. The third kappa shape index (κ3) is 3.84. The Bertz CT molecular complexity index is 1230. The van der Waals surface area contributed by atoms with Crippen LogP contribution in [-0.4, -0.2) is 17.7 Å². The lowest BCUT2D eigenvalue weighted by molar-refractivity contribution is -0.121. The first-order valence-corrected chi connectivity index (χ1v) is 10.1. The average Bonchev–Trinajstić information content (AvgIpc) is 3.44. The van der Waals surface area contributed by atoms with Crippen LogP contribution in [0.15, 0.2) is 72.9 Å². The average molecular weight is 416 g/mol. The normalized spacial score (nSPS) is 13.3. The molecule has 1 aliphatic heterocycles. The van der Waals surface area contributed by atoms with Gasteiger partial charge in [-0.3, -0.25) is 4.79 Å². The fourth-order valence-electron chi connectivity index (χ4n) is 4.06. The van der Waals surface area contributed by atoms with E-state index in [1.165, 1.54) is 12.1 Å². The highest BCUT2D eigenvalue weighted by molar-refractivity contribution is 5.86. The number of nitrogens with one attached hydrogen (secondary N) is 2. The zero-order valence-electron chi connectivity index (χ0n) is 16.7. The van der Waals surface area contributed by atoms with Gasteiger partial charge in [0.2, 0.25) is 12.7 Å². The van der Waals surface area contributed by atoms with Crippen LogP contribution in [0.3, 0.4) is 0 Å². The lowest BCUT2D eigenvalue weighted by Crippen LogP contribution is -2.25. The maximum absolute atomic E-state index is 13.1. The largest absolute Gasteiger partial charge is 0.454 e. The summed E-state index contributed by atoms with van der Waals surface area (Å²) in [6.07, 6.45) is 2.20. The molecule has 1 unspecified atom stereocenters. The quantitative estimate of drug-likeness (QED) is 0.471. The molecule has 0 aliphatic carbocycles. The maximum Gasteiger partial charge on any atom is 0.231 e. The predicted octanol–water partition coefficient (Wildman–Crippen LogP) is 4.87. The third-order valence-corrected chi connectivity index (χ3v) is 5.59. The van der Waals surface area contributed by atoms with Crippen molar-refractivity contribution in [2.24, 2.45) is 0 Å². The Balaban J connectivity index is 1.45. The number of hydrogen-bond donors (Lipinski definition) is 2. The van der Waals surface area contributed by atoms with Crippen LogP contribution in [0.4, 0.5) is 4.39 Å². The van der Waals surface area contributed by atoms with E-state index in [1.807, 2.05) is 48.7 Å². The number of H-pyrrole nitrogens is 1. The number of benzene rings is 3. The van der Waals surface area contributed by atoms with E-state index in [1.54, 1.807) is 12.1 Å². The van der Waals surface area contributed by atoms with Crippen molar-refractivity contribution < 1.29 is 18.7 Å². The molecule has 31 heavy (non-hydrogen) atoms.